The van der Waals surface area contributed by atoms with Crippen LogP contribution in [0, 0.1) is 0 Å². The van der Waals surface area contributed by atoms with Gasteiger partial charge in [0.25, 0.3) is 10.0 Å². The second-order valence-electron chi connectivity index (χ2n) is 6.29. The van der Waals surface area contributed by atoms with Crippen molar-refractivity contribution in [2.45, 2.75) is 11.0 Å². The zero-order valence-electron chi connectivity index (χ0n) is 14.4. The van der Waals surface area contributed by atoms with Crippen LogP contribution in [0.4, 0.5) is 10.5 Å². The first-order valence-corrected chi connectivity index (χ1v) is 9.99. The molecule has 0 aromatic heterocycles. The van der Waals surface area contributed by atoms with Crippen molar-refractivity contribution in [3.63, 3.8) is 0 Å². The molecule has 1 atom stereocenters. The number of ether oxygens (including phenoxy) is 1. The fourth-order valence-electron chi connectivity index (χ4n) is 3.11. The van der Waals surface area contributed by atoms with Gasteiger partial charge in [0.05, 0.1) is 23.7 Å². The van der Waals surface area contributed by atoms with E-state index in [0.29, 0.717) is 5.69 Å². The molecule has 1 unspecified atom stereocenters. The number of cyclic esters (lactones) is 1. The van der Waals surface area contributed by atoms with E-state index in [4.69, 9.17) is 4.74 Å². The standard InChI is InChI=1S/C20H18N2O4S/c23-20-21-13-18(26-20)14-22(17-8-2-1-3-9-17)27(24,25)19-11-10-15-6-4-5-7-16(15)12-19/h1-12,18H,13-14H2,(H,21,23). The monoisotopic (exact) mass is 382 g/mol. The summed E-state index contributed by atoms with van der Waals surface area (Å²) in [6, 6.07) is 21.5. The van der Waals surface area contributed by atoms with Crippen molar-refractivity contribution in [3.05, 3.63) is 72.8 Å². The number of nitrogens with zero attached hydrogens (tertiary/aromatic N) is 1. The number of carbonyl (C=O) groups is 1. The average Bonchev–Trinajstić information content (AvgIpc) is 3.11. The van der Waals surface area contributed by atoms with Crippen molar-refractivity contribution in [1.82, 2.24) is 5.32 Å². The van der Waals surface area contributed by atoms with E-state index in [0.717, 1.165) is 10.8 Å². The summed E-state index contributed by atoms with van der Waals surface area (Å²) in [6.07, 6.45) is -1.08. The number of hydrogen-bond donors (Lipinski definition) is 1. The Bertz CT molecular complexity index is 1080. The number of sulfonamides is 1. The fraction of sp³-hybridized carbons (Fsp3) is 0.150. The summed E-state index contributed by atoms with van der Waals surface area (Å²) >= 11 is 0. The summed E-state index contributed by atoms with van der Waals surface area (Å²) in [5, 5.41) is 4.38. The van der Waals surface area contributed by atoms with E-state index in [1.807, 2.05) is 30.3 Å². The Morgan fingerprint density at radius 2 is 1.67 bits per heavy atom. The molecular weight excluding hydrogens is 364 g/mol. The summed E-state index contributed by atoms with van der Waals surface area (Å²) in [5.41, 5.74) is 0.522. The molecule has 4 rings (SSSR count). The van der Waals surface area contributed by atoms with Gasteiger partial charge in [0, 0.05) is 0 Å². The molecule has 138 valence electrons. The predicted octanol–water partition coefficient (Wildman–Crippen LogP) is 3.14. The van der Waals surface area contributed by atoms with Crippen molar-refractivity contribution in [1.29, 1.82) is 0 Å². The van der Waals surface area contributed by atoms with Gasteiger partial charge in [-0.25, -0.2) is 13.2 Å². The summed E-state index contributed by atoms with van der Waals surface area (Å²) in [6.45, 7) is 0.313. The number of amides is 1. The first-order valence-electron chi connectivity index (χ1n) is 8.55. The maximum absolute atomic E-state index is 13.4. The lowest BCUT2D eigenvalue weighted by atomic mass is 10.1. The molecule has 1 aliphatic heterocycles. The van der Waals surface area contributed by atoms with E-state index in [1.165, 1.54) is 4.31 Å². The first-order chi connectivity index (χ1) is 13.0. The van der Waals surface area contributed by atoms with Crippen LogP contribution in [-0.2, 0) is 14.8 Å². The van der Waals surface area contributed by atoms with Crippen LogP contribution in [0.1, 0.15) is 0 Å². The number of alkyl carbamates (subject to hydrolysis) is 1. The van der Waals surface area contributed by atoms with Gasteiger partial charge in [-0.3, -0.25) is 4.31 Å². The molecule has 6 nitrogen and oxygen atoms in total. The second-order valence-corrected chi connectivity index (χ2v) is 8.15. The third kappa shape index (κ3) is 3.46. The lowest BCUT2D eigenvalue weighted by molar-refractivity contribution is 0.144. The number of hydrogen-bond acceptors (Lipinski definition) is 4. The molecular formula is C20H18N2O4S. The minimum absolute atomic E-state index is 0.0396. The normalized spacial score (nSPS) is 16.7. The Labute approximate surface area is 157 Å². The quantitative estimate of drug-likeness (QED) is 0.736. The van der Waals surface area contributed by atoms with Gasteiger partial charge >= 0.3 is 6.09 Å². The first kappa shape index (κ1) is 17.4. The van der Waals surface area contributed by atoms with Gasteiger partial charge in [0.2, 0.25) is 0 Å². The van der Waals surface area contributed by atoms with Gasteiger partial charge in [-0.15, -0.1) is 0 Å². The van der Waals surface area contributed by atoms with Crippen LogP contribution in [-0.4, -0.2) is 33.7 Å². The number of fused-ring (bicyclic) bond motifs is 1. The third-order valence-corrected chi connectivity index (χ3v) is 6.26. The average molecular weight is 382 g/mol. The van der Waals surface area contributed by atoms with Crippen molar-refractivity contribution >= 4 is 32.6 Å². The number of benzene rings is 3. The number of para-hydroxylation sites is 1. The lowest BCUT2D eigenvalue weighted by Crippen LogP contribution is -2.39. The van der Waals surface area contributed by atoms with Gasteiger partial charge in [-0.05, 0) is 35.0 Å². The molecule has 7 heteroatoms. The van der Waals surface area contributed by atoms with E-state index in [9.17, 15) is 13.2 Å². The molecule has 3 aromatic carbocycles. The highest BCUT2D eigenvalue weighted by molar-refractivity contribution is 7.92. The Balaban J connectivity index is 1.75. The minimum Gasteiger partial charge on any atom is -0.442 e. The summed E-state index contributed by atoms with van der Waals surface area (Å²) in [5.74, 6) is 0. The van der Waals surface area contributed by atoms with E-state index in [1.54, 1.807) is 42.5 Å². The van der Waals surface area contributed by atoms with Crippen molar-refractivity contribution in [2.24, 2.45) is 0 Å². The van der Waals surface area contributed by atoms with Gasteiger partial charge in [-0.2, -0.15) is 0 Å². The summed E-state index contributed by atoms with van der Waals surface area (Å²) in [4.78, 5) is 11.5. The maximum Gasteiger partial charge on any atom is 0.407 e. The molecule has 1 aliphatic rings. The molecule has 0 aliphatic carbocycles. The topological polar surface area (TPSA) is 75.7 Å². The number of nitrogens with one attached hydrogen (secondary N) is 1. The van der Waals surface area contributed by atoms with E-state index in [-0.39, 0.29) is 18.0 Å². The Morgan fingerprint density at radius 3 is 2.37 bits per heavy atom. The lowest BCUT2D eigenvalue weighted by Gasteiger charge is -2.26. The molecule has 0 spiro atoms. The molecule has 1 saturated heterocycles. The molecule has 1 amide bonds. The van der Waals surface area contributed by atoms with Crippen LogP contribution in [0.2, 0.25) is 0 Å². The van der Waals surface area contributed by atoms with Crippen LogP contribution >= 0.6 is 0 Å². The molecule has 3 aromatic rings. The number of anilines is 1. The van der Waals surface area contributed by atoms with Crippen molar-refractivity contribution in [3.8, 4) is 0 Å². The van der Waals surface area contributed by atoms with Gasteiger partial charge < -0.3 is 10.1 Å². The van der Waals surface area contributed by atoms with Crippen LogP contribution in [0.5, 0.6) is 0 Å². The second kappa shape index (κ2) is 6.92. The Kier molecular flexibility index (Phi) is 4.45. The molecule has 1 N–H and O–H groups in total. The molecule has 1 heterocycles. The van der Waals surface area contributed by atoms with Crippen LogP contribution in [0.25, 0.3) is 10.8 Å². The van der Waals surface area contributed by atoms with Gasteiger partial charge in [0.1, 0.15) is 6.10 Å². The zero-order valence-corrected chi connectivity index (χ0v) is 15.2. The maximum atomic E-state index is 13.4. The number of carbonyl (C=O) groups excluding carboxylic acids is 1. The third-order valence-electron chi connectivity index (χ3n) is 4.47. The molecule has 1 fully saturated rings. The van der Waals surface area contributed by atoms with Crippen LogP contribution in [0.3, 0.4) is 0 Å². The molecule has 0 saturated carbocycles. The molecule has 0 bridgehead atoms. The minimum atomic E-state index is -3.84. The van der Waals surface area contributed by atoms with E-state index in [2.05, 4.69) is 5.32 Å². The van der Waals surface area contributed by atoms with Crippen LogP contribution < -0.4 is 9.62 Å². The fourth-order valence-corrected chi connectivity index (χ4v) is 4.64. The largest absolute Gasteiger partial charge is 0.442 e. The van der Waals surface area contributed by atoms with Gasteiger partial charge in [0.15, 0.2) is 0 Å². The van der Waals surface area contributed by atoms with E-state index >= 15 is 0 Å². The highest BCUT2D eigenvalue weighted by atomic mass is 32.2. The molecule has 27 heavy (non-hydrogen) atoms. The predicted molar refractivity (Wildman–Crippen MR) is 103 cm³/mol. The zero-order chi connectivity index (χ0) is 18.9. The van der Waals surface area contributed by atoms with Crippen LogP contribution in [0.15, 0.2) is 77.7 Å². The highest BCUT2D eigenvalue weighted by Gasteiger charge is 2.32. The smallest absolute Gasteiger partial charge is 0.407 e. The SMILES string of the molecule is O=C1NCC(CN(c2ccccc2)S(=O)(=O)c2ccc3ccccc3c2)O1. The summed E-state index contributed by atoms with van der Waals surface area (Å²) in [7, 11) is -3.84. The highest BCUT2D eigenvalue weighted by Crippen LogP contribution is 2.27. The number of rotatable bonds is 5. The molecule has 0 radical (unpaired) electrons. The van der Waals surface area contributed by atoms with Gasteiger partial charge in [-0.1, -0.05) is 48.5 Å². The van der Waals surface area contributed by atoms with E-state index < -0.39 is 22.2 Å². The Hall–Kier alpha value is -3.06. The van der Waals surface area contributed by atoms with Crippen molar-refractivity contribution in [2.75, 3.05) is 17.4 Å². The van der Waals surface area contributed by atoms with Crippen molar-refractivity contribution < 1.29 is 17.9 Å². The Morgan fingerprint density at radius 1 is 0.963 bits per heavy atom. The summed E-state index contributed by atoms with van der Waals surface area (Å²) < 4.78 is 33.3.